The average Bonchev–Trinajstić information content (AvgIpc) is 2.76. The van der Waals surface area contributed by atoms with E-state index in [1.165, 1.54) is 0 Å². The van der Waals surface area contributed by atoms with Crippen molar-refractivity contribution in [1.29, 1.82) is 0 Å². The molecule has 0 radical (unpaired) electrons. The third-order valence-corrected chi connectivity index (χ3v) is 3.22. The second-order valence-electron chi connectivity index (χ2n) is 4.09. The number of aliphatic hydroxyl groups is 1. The normalized spacial score (nSPS) is 12.4. The van der Waals surface area contributed by atoms with Crippen LogP contribution in [-0.4, -0.2) is 22.0 Å². The first-order valence-electron chi connectivity index (χ1n) is 5.60. The highest BCUT2D eigenvalue weighted by atomic mass is 79.9. The first-order chi connectivity index (χ1) is 8.60. The second kappa shape index (κ2) is 5.54. The van der Waals surface area contributed by atoms with Gasteiger partial charge in [-0.2, -0.15) is 5.10 Å². The molecule has 1 heterocycles. The summed E-state index contributed by atoms with van der Waals surface area (Å²) in [5.74, 6) is 0.771. The number of aliphatic hydroxyl groups excluding tert-OH is 1. The van der Waals surface area contributed by atoms with Gasteiger partial charge in [-0.25, -0.2) is 0 Å². The Labute approximate surface area is 114 Å². The first-order valence-corrected chi connectivity index (χ1v) is 6.39. The van der Waals surface area contributed by atoms with Crippen LogP contribution in [0.15, 0.2) is 34.9 Å². The van der Waals surface area contributed by atoms with Crippen LogP contribution in [0.4, 0.5) is 0 Å². The summed E-state index contributed by atoms with van der Waals surface area (Å²) in [4.78, 5) is 0. The van der Waals surface area contributed by atoms with Crippen LogP contribution in [0.25, 0.3) is 0 Å². The Morgan fingerprint density at radius 1 is 1.44 bits per heavy atom. The fraction of sp³-hybridized carbons (Fsp3) is 0.308. The molecule has 0 saturated carbocycles. The van der Waals surface area contributed by atoms with Crippen LogP contribution < -0.4 is 4.74 Å². The minimum Gasteiger partial charge on any atom is -0.496 e. The molecule has 4 nitrogen and oxygen atoms in total. The molecule has 1 unspecified atom stereocenters. The number of hydrogen-bond donors (Lipinski definition) is 1. The number of rotatable bonds is 4. The molecule has 18 heavy (non-hydrogen) atoms. The number of benzene rings is 1. The summed E-state index contributed by atoms with van der Waals surface area (Å²) in [7, 11) is 3.45. The van der Waals surface area contributed by atoms with Crippen molar-refractivity contribution in [3.63, 3.8) is 0 Å². The van der Waals surface area contributed by atoms with Crippen LogP contribution in [0.1, 0.15) is 17.4 Å². The smallest absolute Gasteiger partial charge is 0.122 e. The van der Waals surface area contributed by atoms with Gasteiger partial charge in [-0.15, -0.1) is 0 Å². The molecule has 1 aromatic carbocycles. The third kappa shape index (κ3) is 2.91. The summed E-state index contributed by atoms with van der Waals surface area (Å²) in [6, 6.07) is 7.56. The zero-order valence-electron chi connectivity index (χ0n) is 10.3. The van der Waals surface area contributed by atoms with Crippen LogP contribution >= 0.6 is 15.9 Å². The molecule has 2 rings (SSSR count). The molecule has 0 bridgehead atoms. The Balaban J connectivity index is 2.20. The van der Waals surface area contributed by atoms with Gasteiger partial charge >= 0.3 is 0 Å². The molecule has 1 aromatic heterocycles. The molecule has 1 N–H and O–H groups in total. The summed E-state index contributed by atoms with van der Waals surface area (Å²) >= 11 is 3.42. The molecular formula is C13H15BrN2O2. The Kier molecular flexibility index (Phi) is 4.04. The molecule has 0 saturated heterocycles. The maximum Gasteiger partial charge on any atom is 0.122 e. The summed E-state index contributed by atoms with van der Waals surface area (Å²) in [5.41, 5.74) is 1.62. The van der Waals surface area contributed by atoms with E-state index in [0.29, 0.717) is 12.1 Å². The standard InChI is InChI=1S/C13H15BrN2O2/c1-16-6-5-11(15-16)12(17)8-9-7-10(14)3-4-13(9)18-2/h3-7,12,17H,8H2,1-2H3. The number of halogens is 1. The molecule has 0 amide bonds. The molecule has 0 aliphatic rings. The van der Waals surface area contributed by atoms with E-state index in [1.807, 2.05) is 37.5 Å². The van der Waals surface area contributed by atoms with E-state index in [9.17, 15) is 5.11 Å². The summed E-state index contributed by atoms with van der Waals surface area (Å²) in [6.07, 6.45) is 1.66. The van der Waals surface area contributed by atoms with Gasteiger partial charge in [0.25, 0.3) is 0 Å². The quantitative estimate of drug-likeness (QED) is 0.943. The molecular weight excluding hydrogens is 296 g/mol. The number of ether oxygens (including phenoxy) is 1. The lowest BCUT2D eigenvalue weighted by Crippen LogP contribution is -2.05. The Hall–Kier alpha value is -1.33. The summed E-state index contributed by atoms with van der Waals surface area (Å²) < 4.78 is 7.93. The molecule has 2 aromatic rings. The Morgan fingerprint density at radius 2 is 2.22 bits per heavy atom. The monoisotopic (exact) mass is 310 g/mol. The van der Waals surface area contributed by atoms with Crippen LogP contribution in [0.3, 0.4) is 0 Å². The second-order valence-corrected chi connectivity index (χ2v) is 5.01. The van der Waals surface area contributed by atoms with Crippen molar-refractivity contribution in [2.45, 2.75) is 12.5 Å². The van der Waals surface area contributed by atoms with E-state index in [0.717, 1.165) is 15.8 Å². The lowest BCUT2D eigenvalue weighted by atomic mass is 10.0. The fourth-order valence-corrected chi connectivity index (χ4v) is 2.24. The van der Waals surface area contributed by atoms with Crippen molar-refractivity contribution in [2.75, 3.05) is 7.11 Å². The predicted molar refractivity (Wildman–Crippen MR) is 72.6 cm³/mol. The van der Waals surface area contributed by atoms with Crippen molar-refractivity contribution >= 4 is 15.9 Å². The predicted octanol–water partition coefficient (Wildman–Crippen LogP) is 2.47. The van der Waals surface area contributed by atoms with Crippen molar-refractivity contribution in [3.05, 3.63) is 46.2 Å². The SMILES string of the molecule is COc1ccc(Br)cc1CC(O)c1ccn(C)n1. The molecule has 96 valence electrons. The van der Waals surface area contributed by atoms with E-state index >= 15 is 0 Å². The van der Waals surface area contributed by atoms with Gasteiger partial charge in [-0.3, -0.25) is 4.68 Å². The average molecular weight is 311 g/mol. The maximum absolute atomic E-state index is 10.2. The highest BCUT2D eigenvalue weighted by Crippen LogP contribution is 2.27. The van der Waals surface area contributed by atoms with E-state index in [1.54, 1.807) is 11.8 Å². The number of methoxy groups -OCH3 is 1. The molecule has 0 aliphatic heterocycles. The molecule has 0 fully saturated rings. The maximum atomic E-state index is 10.2. The first kappa shape index (κ1) is 13.1. The molecule has 0 spiro atoms. The Bertz CT molecular complexity index is 540. The van der Waals surface area contributed by atoms with Crippen molar-refractivity contribution < 1.29 is 9.84 Å². The van der Waals surface area contributed by atoms with Gasteiger partial charge in [0, 0.05) is 24.1 Å². The number of nitrogens with zero attached hydrogens (tertiary/aromatic N) is 2. The fourth-order valence-electron chi connectivity index (χ4n) is 1.83. The van der Waals surface area contributed by atoms with Crippen molar-refractivity contribution in [3.8, 4) is 5.75 Å². The van der Waals surface area contributed by atoms with Gasteiger partial charge in [0.1, 0.15) is 11.9 Å². The van der Waals surface area contributed by atoms with Crippen LogP contribution in [0.5, 0.6) is 5.75 Å². The Morgan fingerprint density at radius 3 is 2.83 bits per heavy atom. The van der Waals surface area contributed by atoms with Gasteiger partial charge in [-0.1, -0.05) is 15.9 Å². The lowest BCUT2D eigenvalue weighted by Gasteiger charge is -2.12. The van der Waals surface area contributed by atoms with Crippen molar-refractivity contribution in [2.24, 2.45) is 7.05 Å². The van der Waals surface area contributed by atoms with Gasteiger partial charge in [0.15, 0.2) is 0 Å². The zero-order chi connectivity index (χ0) is 13.1. The minimum atomic E-state index is -0.630. The highest BCUT2D eigenvalue weighted by molar-refractivity contribution is 9.10. The van der Waals surface area contributed by atoms with Crippen LogP contribution in [0, 0.1) is 0 Å². The molecule has 5 heteroatoms. The molecule has 1 atom stereocenters. The van der Waals surface area contributed by atoms with E-state index in [-0.39, 0.29) is 0 Å². The topological polar surface area (TPSA) is 47.3 Å². The minimum absolute atomic E-state index is 0.472. The van der Waals surface area contributed by atoms with Gasteiger partial charge in [-0.05, 0) is 29.8 Å². The van der Waals surface area contributed by atoms with Gasteiger partial charge < -0.3 is 9.84 Å². The third-order valence-electron chi connectivity index (χ3n) is 2.73. The summed E-state index contributed by atoms with van der Waals surface area (Å²) in [6.45, 7) is 0. The lowest BCUT2D eigenvalue weighted by molar-refractivity contribution is 0.171. The van der Waals surface area contributed by atoms with Crippen LogP contribution in [0.2, 0.25) is 0 Å². The zero-order valence-corrected chi connectivity index (χ0v) is 11.9. The number of aromatic nitrogens is 2. The highest BCUT2D eigenvalue weighted by Gasteiger charge is 2.14. The van der Waals surface area contributed by atoms with Gasteiger partial charge in [0.2, 0.25) is 0 Å². The van der Waals surface area contributed by atoms with Crippen molar-refractivity contribution in [1.82, 2.24) is 9.78 Å². The van der Waals surface area contributed by atoms with E-state index in [4.69, 9.17) is 4.74 Å². The summed E-state index contributed by atoms with van der Waals surface area (Å²) in [5, 5.41) is 14.4. The van der Waals surface area contributed by atoms with Crippen LogP contribution in [-0.2, 0) is 13.5 Å². The largest absolute Gasteiger partial charge is 0.496 e. The number of hydrogen-bond acceptors (Lipinski definition) is 3. The van der Waals surface area contributed by atoms with Gasteiger partial charge in [0.05, 0.1) is 12.8 Å². The van der Waals surface area contributed by atoms with E-state index < -0.39 is 6.10 Å². The molecule has 0 aliphatic carbocycles. The van der Waals surface area contributed by atoms with E-state index in [2.05, 4.69) is 21.0 Å². The number of aryl methyl sites for hydroxylation is 1.